The molecule has 0 aromatic heterocycles. The van der Waals surface area contributed by atoms with E-state index in [1.54, 1.807) is 29.2 Å². The number of nitrogens with zero attached hydrogens (tertiary/aromatic N) is 1. The van der Waals surface area contributed by atoms with Crippen LogP contribution in [0.2, 0.25) is 0 Å². The average Bonchev–Trinajstić information content (AvgIpc) is 2.72. The van der Waals surface area contributed by atoms with E-state index < -0.39 is 11.9 Å². The van der Waals surface area contributed by atoms with Gasteiger partial charge in [0, 0.05) is 19.5 Å². The highest BCUT2D eigenvalue weighted by Crippen LogP contribution is 2.23. The van der Waals surface area contributed by atoms with E-state index in [0.717, 1.165) is 6.42 Å². The summed E-state index contributed by atoms with van der Waals surface area (Å²) in [5.41, 5.74) is 1.34. The molecule has 1 aliphatic heterocycles. The summed E-state index contributed by atoms with van der Waals surface area (Å²) in [6.07, 6.45) is 2.24. The van der Waals surface area contributed by atoms with Gasteiger partial charge in [0.1, 0.15) is 11.6 Å². The molecule has 0 saturated carbocycles. The molecule has 4 nitrogen and oxygen atoms in total. The molecule has 154 valence electrons. The van der Waals surface area contributed by atoms with Crippen LogP contribution in [0.1, 0.15) is 43.4 Å². The highest BCUT2D eigenvalue weighted by molar-refractivity contribution is 5.81. The number of carbonyl (C=O) groups is 2. The van der Waals surface area contributed by atoms with E-state index in [0.29, 0.717) is 43.5 Å². The summed E-state index contributed by atoms with van der Waals surface area (Å²) in [5.74, 6) is -1.16. The van der Waals surface area contributed by atoms with E-state index in [2.05, 4.69) is 5.32 Å². The summed E-state index contributed by atoms with van der Waals surface area (Å²) in [4.78, 5) is 26.7. The molecule has 2 atom stereocenters. The topological polar surface area (TPSA) is 49.4 Å². The Morgan fingerprint density at radius 3 is 2.55 bits per heavy atom. The molecule has 0 bridgehead atoms. The third-order valence-corrected chi connectivity index (χ3v) is 5.34. The monoisotopic (exact) mass is 400 g/mol. The van der Waals surface area contributed by atoms with Crippen LogP contribution >= 0.6 is 0 Å². The van der Waals surface area contributed by atoms with Gasteiger partial charge < -0.3 is 10.2 Å². The number of nitrogens with one attached hydrogen (secondary N) is 1. The zero-order chi connectivity index (χ0) is 20.8. The Hall–Kier alpha value is -2.76. The number of amides is 2. The first-order chi connectivity index (χ1) is 14.0. The van der Waals surface area contributed by atoms with Crippen LogP contribution in [0.15, 0.2) is 48.5 Å². The van der Waals surface area contributed by atoms with Crippen molar-refractivity contribution in [2.24, 2.45) is 5.92 Å². The van der Waals surface area contributed by atoms with Gasteiger partial charge in [-0.15, -0.1) is 0 Å². The van der Waals surface area contributed by atoms with Crippen LogP contribution in [-0.2, 0) is 16.0 Å². The first-order valence-corrected chi connectivity index (χ1v) is 10.0. The maximum atomic E-state index is 13.8. The second-order valence-corrected chi connectivity index (χ2v) is 7.48. The van der Waals surface area contributed by atoms with E-state index >= 15 is 0 Å². The van der Waals surface area contributed by atoms with Crippen molar-refractivity contribution in [2.75, 3.05) is 13.1 Å². The fourth-order valence-electron chi connectivity index (χ4n) is 3.81. The number of rotatable bonds is 6. The molecule has 3 rings (SSSR count). The van der Waals surface area contributed by atoms with Crippen molar-refractivity contribution in [1.82, 2.24) is 10.2 Å². The zero-order valence-electron chi connectivity index (χ0n) is 16.5. The Labute approximate surface area is 169 Å². The average molecular weight is 400 g/mol. The van der Waals surface area contributed by atoms with E-state index in [1.165, 1.54) is 24.3 Å². The van der Waals surface area contributed by atoms with Crippen molar-refractivity contribution in [2.45, 2.75) is 38.6 Å². The van der Waals surface area contributed by atoms with Crippen molar-refractivity contribution in [3.63, 3.8) is 0 Å². The minimum Gasteiger partial charge on any atom is -0.349 e. The van der Waals surface area contributed by atoms with Gasteiger partial charge in [-0.3, -0.25) is 9.59 Å². The molecular formula is C23H26F2N2O2. The highest BCUT2D eigenvalue weighted by atomic mass is 19.1. The summed E-state index contributed by atoms with van der Waals surface area (Å²) < 4.78 is 27.4. The van der Waals surface area contributed by atoms with Gasteiger partial charge in [-0.05, 0) is 54.7 Å². The van der Waals surface area contributed by atoms with Gasteiger partial charge in [-0.1, -0.05) is 31.2 Å². The summed E-state index contributed by atoms with van der Waals surface area (Å²) >= 11 is 0. The smallest absolute Gasteiger partial charge is 0.225 e. The van der Waals surface area contributed by atoms with Gasteiger partial charge in [0.2, 0.25) is 11.8 Å². The zero-order valence-corrected chi connectivity index (χ0v) is 16.5. The van der Waals surface area contributed by atoms with Crippen molar-refractivity contribution in [1.29, 1.82) is 0 Å². The quantitative estimate of drug-likeness (QED) is 0.796. The Morgan fingerprint density at radius 2 is 1.86 bits per heavy atom. The van der Waals surface area contributed by atoms with Crippen molar-refractivity contribution < 1.29 is 18.4 Å². The number of halogens is 2. The third kappa shape index (κ3) is 5.62. The molecule has 2 amide bonds. The molecule has 2 aromatic rings. The molecule has 2 aromatic carbocycles. The maximum absolute atomic E-state index is 13.8. The van der Waals surface area contributed by atoms with Gasteiger partial charge >= 0.3 is 0 Å². The standard InChI is InChI=1S/C23H26F2N2O2/c1-2-22(28)27-11-5-8-18(15-27)23(29)26-21(17-7-4-10-20(25)14-17)13-16-6-3-9-19(24)12-16/h3-4,6-7,9-10,12,14,18,21H,2,5,8,11,13,15H2,1H3,(H,26,29). The molecule has 1 aliphatic rings. The third-order valence-electron chi connectivity index (χ3n) is 5.34. The number of hydrogen-bond acceptors (Lipinski definition) is 2. The molecular weight excluding hydrogens is 374 g/mol. The van der Waals surface area contributed by atoms with Gasteiger partial charge in [-0.2, -0.15) is 0 Å². The predicted molar refractivity (Wildman–Crippen MR) is 107 cm³/mol. The Morgan fingerprint density at radius 1 is 1.14 bits per heavy atom. The van der Waals surface area contributed by atoms with E-state index in [-0.39, 0.29) is 23.5 Å². The molecule has 2 unspecified atom stereocenters. The van der Waals surface area contributed by atoms with E-state index in [9.17, 15) is 18.4 Å². The molecule has 0 radical (unpaired) electrons. The maximum Gasteiger partial charge on any atom is 0.225 e. The van der Waals surface area contributed by atoms with Crippen LogP contribution in [-0.4, -0.2) is 29.8 Å². The Bertz CT molecular complexity index is 871. The lowest BCUT2D eigenvalue weighted by Gasteiger charge is -2.33. The van der Waals surface area contributed by atoms with Crippen molar-refractivity contribution in [3.05, 3.63) is 71.3 Å². The summed E-state index contributed by atoms with van der Waals surface area (Å²) in [5, 5.41) is 3.01. The van der Waals surface area contributed by atoms with Crippen LogP contribution in [0.4, 0.5) is 8.78 Å². The highest BCUT2D eigenvalue weighted by Gasteiger charge is 2.29. The van der Waals surface area contributed by atoms with Crippen LogP contribution < -0.4 is 5.32 Å². The Kier molecular flexibility index (Phi) is 6.96. The van der Waals surface area contributed by atoms with Gasteiger partial charge in [-0.25, -0.2) is 8.78 Å². The number of carbonyl (C=O) groups excluding carboxylic acids is 2. The van der Waals surface area contributed by atoms with Gasteiger partial charge in [0.15, 0.2) is 0 Å². The summed E-state index contributed by atoms with van der Waals surface area (Å²) in [6, 6.07) is 11.8. The van der Waals surface area contributed by atoms with Crippen molar-refractivity contribution >= 4 is 11.8 Å². The number of benzene rings is 2. The van der Waals surface area contributed by atoms with Crippen LogP contribution in [0, 0.1) is 17.6 Å². The molecule has 1 heterocycles. The fourth-order valence-corrected chi connectivity index (χ4v) is 3.81. The first-order valence-electron chi connectivity index (χ1n) is 10.0. The predicted octanol–water partition coefficient (Wildman–Crippen LogP) is 4.01. The number of likely N-dealkylation sites (tertiary alicyclic amines) is 1. The second-order valence-electron chi connectivity index (χ2n) is 7.48. The van der Waals surface area contributed by atoms with Crippen LogP contribution in [0.3, 0.4) is 0 Å². The number of piperidine rings is 1. The molecule has 0 aliphatic carbocycles. The molecule has 1 saturated heterocycles. The number of hydrogen-bond donors (Lipinski definition) is 1. The molecule has 6 heteroatoms. The van der Waals surface area contributed by atoms with E-state index in [4.69, 9.17) is 0 Å². The lowest BCUT2D eigenvalue weighted by atomic mass is 9.94. The lowest BCUT2D eigenvalue weighted by Crippen LogP contribution is -2.46. The van der Waals surface area contributed by atoms with Crippen molar-refractivity contribution in [3.8, 4) is 0 Å². The summed E-state index contributed by atoms with van der Waals surface area (Å²) in [7, 11) is 0. The lowest BCUT2D eigenvalue weighted by molar-refractivity contribution is -0.135. The molecule has 29 heavy (non-hydrogen) atoms. The largest absolute Gasteiger partial charge is 0.349 e. The minimum atomic E-state index is -0.489. The Balaban J connectivity index is 1.77. The first kappa shape index (κ1) is 21.0. The molecule has 1 N–H and O–H groups in total. The van der Waals surface area contributed by atoms with Crippen LogP contribution in [0.25, 0.3) is 0 Å². The SMILES string of the molecule is CCC(=O)N1CCCC(C(=O)NC(Cc2cccc(F)c2)c2cccc(F)c2)C1. The van der Waals surface area contributed by atoms with Gasteiger partial charge in [0.25, 0.3) is 0 Å². The molecule has 1 fully saturated rings. The van der Waals surface area contributed by atoms with E-state index in [1.807, 2.05) is 6.92 Å². The van der Waals surface area contributed by atoms with Gasteiger partial charge in [0.05, 0.1) is 12.0 Å². The minimum absolute atomic E-state index is 0.0453. The fraction of sp³-hybridized carbons (Fsp3) is 0.391. The molecule has 0 spiro atoms. The summed E-state index contributed by atoms with van der Waals surface area (Å²) in [6.45, 7) is 2.88. The second kappa shape index (κ2) is 9.63. The normalized spacial score (nSPS) is 17.6. The van der Waals surface area contributed by atoms with Crippen LogP contribution in [0.5, 0.6) is 0 Å².